The molecular formula is C14H9Cl3FNOS2. The Kier molecular flexibility index (Phi) is 5.91. The Morgan fingerprint density at radius 1 is 1.27 bits per heavy atom. The van der Waals surface area contributed by atoms with Crippen molar-refractivity contribution in [1.29, 1.82) is 0 Å². The number of hydrogen-bond acceptors (Lipinski definition) is 3. The second kappa shape index (κ2) is 7.32. The Balaban J connectivity index is 2.49. The molecule has 8 heteroatoms. The van der Waals surface area contributed by atoms with Gasteiger partial charge in [-0.3, -0.25) is 4.79 Å². The largest absolute Gasteiger partial charge is 0.289 e. The van der Waals surface area contributed by atoms with Crippen LogP contribution in [0.4, 0.5) is 4.39 Å². The van der Waals surface area contributed by atoms with E-state index in [-0.39, 0.29) is 25.5 Å². The average Bonchev–Trinajstić information content (AvgIpc) is 2.73. The van der Waals surface area contributed by atoms with Crippen molar-refractivity contribution in [2.45, 2.75) is 6.92 Å². The van der Waals surface area contributed by atoms with E-state index in [1.54, 1.807) is 13.2 Å². The van der Waals surface area contributed by atoms with Crippen molar-refractivity contribution in [3.8, 4) is 0 Å². The van der Waals surface area contributed by atoms with Gasteiger partial charge in [-0.15, -0.1) is 23.1 Å². The van der Waals surface area contributed by atoms with Gasteiger partial charge in [0.05, 0.1) is 20.6 Å². The zero-order chi connectivity index (χ0) is 16.4. The Labute approximate surface area is 150 Å². The second-order valence-electron chi connectivity index (χ2n) is 4.14. The molecule has 0 saturated heterocycles. The highest BCUT2D eigenvalue weighted by molar-refractivity contribution is 8.13. The maximum Gasteiger partial charge on any atom is 0.289 e. The number of aryl methyl sites for hydroxylation is 1. The number of carbonyl (C=O) groups is 1. The van der Waals surface area contributed by atoms with E-state index in [1.165, 1.54) is 18.2 Å². The molecule has 0 fully saturated rings. The number of benzene rings is 1. The molecular weight excluding hydrogens is 388 g/mol. The summed E-state index contributed by atoms with van der Waals surface area (Å²) in [6.45, 7) is 1.75. The Hall–Kier alpha value is -0.590. The molecule has 0 bridgehead atoms. The first-order chi connectivity index (χ1) is 10.4. The zero-order valence-corrected chi connectivity index (χ0v) is 15.3. The first-order valence-corrected chi connectivity index (χ1v) is 9.10. The topological polar surface area (TPSA) is 29.4 Å². The van der Waals surface area contributed by atoms with Crippen LogP contribution in [0.5, 0.6) is 0 Å². The van der Waals surface area contributed by atoms with Crippen molar-refractivity contribution in [2.75, 3.05) is 6.26 Å². The van der Waals surface area contributed by atoms with Crippen LogP contribution >= 0.6 is 57.9 Å². The van der Waals surface area contributed by atoms with Gasteiger partial charge >= 0.3 is 0 Å². The summed E-state index contributed by atoms with van der Waals surface area (Å²) in [5.41, 5.74) is 0.0977. The Morgan fingerprint density at radius 2 is 1.95 bits per heavy atom. The summed E-state index contributed by atoms with van der Waals surface area (Å²) in [7, 11) is 0. The number of hydrogen-bond donors (Lipinski definition) is 0. The third-order valence-corrected chi connectivity index (χ3v) is 5.99. The molecule has 2 aromatic rings. The minimum atomic E-state index is -0.575. The first-order valence-electron chi connectivity index (χ1n) is 5.92. The molecule has 0 spiro atoms. The normalized spacial score (nSPS) is 11.8. The molecule has 0 atom stereocenters. The van der Waals surface area contributed by atoms with Gasteiger partial charge < -0.3 is 0 Å². The number of nitrogens with zero attached hydrogens (tertiary/aromatic N) is 1. The lowest BCUT2D eigenvalue weighted by Crippen LogP contribution is -2.04. The van der Waals surface area contributed by atoms with E-state index in [1.807, 2.05) is 0 Å². The van der Waals surface area contributed by atoms with Crippen LogP contribution in [0.2, 0.25) is 15.1 Å². The molecule has 0 aliphatic rings. The van der Waals surface area contributed by atoms with Gasteiger partial charge in [0.25, 0.3) is 5.91 Å². The molecule has 0 radical (unpaired) electrons. The summed E-state index contributed by atoms with van der Waals surface area (Å²) in [5.74, 6) is -1.12. The van der Waals surface area contributed by atoms with Gasteiger partial charge in [-0.25, -0.2) is 9.38 Å². The van der Waals surface area contributed by atoms with E-state index >= 15 is 0 Å². The fraction of sp³-hybridized carbons (Fsp3) is 0.143. The zero-order valence-electron chi connectivity index (χ0n) is 11.4. The van der Waals surface area contributed by atoms with Crippen molar-refractivity contribution in [3.05, 3.63) is 54.4 Å². The molecule has 0 unspecified atom stereocenters. The van der Waals surface area contributed by atoms with Crippen LogP contribution in [0.3, 0.4) is 0 Å². The van der Waals surface area contributed by atoms with Crippen LogP contribution < -0.4 is 0 Å². The smallest absolute Gasteiger partial charge is 0.266 e. The lowest BCUT2D eigenvalue weighted by atomic mass is 10.2. The van der Waals surface area contributed by atoms with Gasteiger partial charge in [-0.05, 0) is 25.3 Å². The Morgan fingerprint density at radius 3 is 2.45 bits per heavy atom. The quantitative estimate of drug-likeness (QED) is 0.453. The van der Waals surface area contributed by atoms with Crippen LogP contribution in [0.25, 0.3) is 0 Å². The van der Waals surface area contributed by atoms with E-state index in [0.29, 0.717) is 5.02 Å². The third kappa shape index (κ3) is 3.49. The highest BCUT2D eigenvalue weighted by Crippen LogP contribution is 2.37. The summed E-state index contributed by atoms with van der Waals surface area (Å²) in [4.78, 5) is 17.2. The highest BCUT2D eigenvalue weighted by Gasteiger charge is 2.21. The second-order valence-corrected chi connectivity index (χ2v) is 7.32. The molecule has 0 N–H and O–H groups in total. The number of aliphatic imine (C=N–C) groups is 1. The van der Waals surface area contributed by atoms with E-state index in [4.69, 9.17) is 34.8 Å². The minimum absolute atomic E-state index is 0.0977. The predicted octanol–water partition coefficient (Wildman–Crippen LogP) is 6.11. The van der Waals surface area contributed by atoms with Gasteiger partial charge in [0, 0.05) is 4.88 Å². The van der Waals surface area contributed by atoms with Crippen molar-refractivity contribution in [2.24, 2.45) is 4.99 Å². The molecule has 0 aliphatic heterocycles. The molecule has 0 aliphatic carbocycles. The first kappa shape index (κ1) is 17.8. The molecule has 22 heavy (non-hydrogen) atoms. The number of thiophene rings is 1. The van der Waals surface area contributed by atoms with Gasteiger partial charge in [-0.1, -0.05) is 40.9 Å². The molecule has 116 valence electrons. The van der Waals surface area contributed by atoms with Crippen molar-refractivity contribution in [1.82, 2.24) is 0 Å². The van der Waals surface area contributed by atoms with Gasteiger partial charge in [0.15, 0.2) is 0 Å². The maximum absolute atomic E-state index is 14.0. The number of carbonyl (C=O) groups excluding carboxylic acids is 1. The minimum Gasteiger partial charge on any atom is -0.266 e. The number of amides is 1. The molecule has 1 aromatic heterocycles. The molecule has 2 rings (SSSR count). The van der Waals surface area contributed by atoms with Crippen molar-refractivity contribution >= 4 is 68.9 Å². The van der Waals surface area contributed by atoms with Crippen LogP contribution in [0.15, 0.2) is 23.2 Å². The van der Waals surface area contributed by atoms with E-state index in [0.717, 1.165) is 28.0 Å². The van der Waals surface area contributed by atoms with E-state index in [9.17, 15) is 9.18 Å². The predicted molar refractivity (Wildman–Crippen MR) is 94.9 cm³/mol. The van der Waals surface area contributed by atoms with Crippen molar-refractivity contribution in [3.63, 3.8) is 0 Å². The highest BCUT2D eigenvalue weighted by atomic mass is 35.5. The summed E-state index contributed by atoms with van der Waals surface area (Å²) < 4.78 is 14.0. The third-order valence-electron chi connectivity index (χ3n) is 2.72. The lowest BCUT2D eigenvalue weighted by Gasteiger charge is -2.06. The number of thioether (sulfide) groups is 1. The van der Waals surface area contributed by atoms with Crippen LogP contribution in [-0.4, -0.2) is 17.2 Å². The van der Waals surface area contributed by atoms with Crippen LogP contribution in [0.1, 0.15) is 20.1 Å². The van der Waals surface area contributed by atoms with E-state index < -0.39 is 11.7 Å². The monoisotopic (exact) mass is 395 g/mol. The van der Waals surface area contributed by atoms with Crippen LogP contribution in [0, 0.1) is 12.7 Å². The number of rotatable bonds is 2. The van der Waals surface area contributed by atoms with Gasteiger partial charge in [0.2, 0.25) is 0 Å². The van der Waals surface area contributed by atoms with Crippen molar-refractivity contribution < 1.29 is 9.18 Å². The molecule has 1 amide bonds. The lowest BCUT2D eigenvalue weighted by molar-refractivity contribution is 0.101. The molecule has 0 saturated carbocycles. The number of halogens is 4. The summed E-state index contributed by atoms with van der Waals surface area (Å²) in [6, 6.07) is 4.28. The summed E-state index contributed by atoms with van der Waals surface area (Å²) in [5, 5.41) is 0.872. The fourth-order valence-corrected chi connectivity index (χ4v) is 4.06. The SMILES string of the molecule is CSC(=NC(=O)c1sc(C)c(Cl)c1Cl)c1c(F)cccc1Cl. The Bertz CT molecular complexity index is 753. The van der Waals surface area contributed by atoms with E-state index in [2.05, 4.69) is 4.99 Å². The van der Waals surface area contributed by atoms with Gasteiger partial charge in [0.1, 0.15) is 15.7 Å². The molecule has 2 nitrogen and oxygen atoms in total. The maximum atomic E-state index is 14.0. The van der Waals surface area contributed by atoms with Crippen LogP contribution in [-0.2, 0) is 0 Å². The summed E-state index contributed by atoms with van der Waals surface area (Å²) >= 11 is 20.3. The standard InChI is InChI=1S/C14H9Cl3FNOS2/c1-6-10(16)11(17)12(22-6)13(20)19-14(21-2)9-7(15)4-3-5-8(9)18/h3-5H,1-2H3. The molecule has 1 aromatic carbocycles. The molecule has 1 heterocycles. The average molecular weight is 397 g/mol. The van der Waals surface area contributed by atoms with Gasteiger partial charge in [-0.2, -0.15) is 0 Å². The fourth-order valence-electron chi connectivity index (χ4n) is 1.68. The summed E-state index contributed by atoms with van der Waals surface area (Å²) in [6.07, 6.45) is 1.68.